The first-order valence-corrected chi connectivity index (χ1v) is 9.79. The van der Waals surface area contributed by atoms with Crippen LogP contribution in [-0.2, 0) is 0 Å². The zero-order valence-corrected chi connectivity index (χ0v) is 14.7. The monoisotopic (exact) mass is 345 g/mol. The van der Waals surface area contributed by atoms with Crippen molar-refractivity contribution in [3.63, 3.8) is 0 Å². The highest BCUT2D eigenvalue weighted by Gasteiger charge is 2.22. The second-order valence-corrected chi connectivity index (χ2v) is 7.84. The Hall–Kier alpha value is -1.50. The summed E-state index contributed by atoms with van der Waals surface area (Å²) in [6.07, 6.45) is 3.78. The van der Waals surface area contributed by atoms with Crippen molar-refractivity contribution in [2.45, 2.75) is 32.2 Å². The molecule has 0 amide bonds. The summed E-state index contributed by atoms with van der Waals surface area (Å²) in [5.74, 6) is 0.795. The van der Waals surface area contributed by atoms with Gasteiger partial charge in [0.05, 0.1) is 11.4 Å². The summed E-state index contributed by atoms with van der Waals surface area (Å²) < 4.78 is 0. The van der Waals surface area contributed by atoms with Gasteiger partial charge in [0, 0.05) is 15.8 Å². The van der Waals surface area contributed by atoms with Crippen molar-refractivity contribution in [2.24, 2.45) is 0 Å². The van der Waals surface area contributed by atoms with Gasteiger partial charge in [-0.2, -0.15) is 0 Å². The molecule has 1 aliphatic heterocycles. The fourth-order valence-corrected chi connectivity index (χ4v) is 5.02. The van der Waals surface area contributed by atoms with Crippen LogP contribution in [0.15, 0.2) is 27.7 Å². The molecule has 4 nitrogen and oxygen atoms in total. The summed E-state index contributed by atoms with van der Waals surface area (Å²) in [4.78, 5) is 24.9. The third kappa shape index (κ3) is 2.75. The molecule has 4 rings (SSSR count). The molecule has 0 spiro atoms. The highest BCUT2D eigenvalue weighted by Crippen LogP contribution is 2.34. The first kappa shape index (κ1) is 15.1. The predicted molar refractivity (Wildman–Crippen MR) is 97.4 cm³/mol. The van der Waals surface area contributed by atoms with E-state index in [1.54, 1.807) is 22.7 Å². The predicted octanol–water partition coefficient (Wildman–Crippen LogP) is 4.26. The molecule has 0 unspecified atom stereocenters. The summed E-state index contributed by atoms with van der Waals surface area (Å²) in [5, 5.41) is 4.81. The van der Waals surface area contributed by atoms with Gasteiger partial charge in [0.15, 0.2) is 0 Å². The lowest BCUT2D eigenvalue weighted by Crippen LogP contribution is -2.34. The molecule has 120 valence electrons. The number of likely N-dealkylation sites (tertiary alicyclic amines) is 1. The van der Waals surface area contributed by atoms with Crippen LogP contribution in [0.2, 0.25) is 0 Å². The van der Waals surface area contributed by atoms with Gasteiger partial charge in [-0.25, -0.2) is 4.98 Å². The van der Waals surface area contributed by atoms with Crippen molar-refractivity contribution in [2.75, 3.05) is 13.1 Å². The van der Waals surface area contributed by atoms with Gasteiger partial charge >= 0.3 is 0 Å². The average Bonchev–Trinajstić information content (AvgIpc) is 3.24. The maximum absolute atomic E-state index is 12.7. The van der Waals surface area contributed by atoms with Crippen LogP contribution >= 0.6 is 22.7 Å². The van der Waals surface area contributed by atoms with E-state index in [-0.39, 0.29) is 11.6 Å². The lowest BCUT2D eigenvalue weighted by atomic mass is 10.1. The Morgan fingerprint density at radius 2 is 2.09 bits per heavy atom. The Balaban J connectivity index is 1.75. The van der Waals surface area contributed by atoms with Crippen LogP contribution in [0.3, 0.4) is 0 Å². The number of rotatable bonds is 3. The molecule has 0 saturated carbocycles. The molecule has 23 heavy (non-hydrogen) atoms. The Kier molecular flexibility index (Phi) is 4.05. The highest BCUT2D eigenvalue weighted by atomic mass is 32.1. The molecular weight excluding hydrogens is 326 g/mol. The molecule has 1 atom stereocenters. The number of hydrogen-bond donors (Lipinski definition) is 1. The Bertz CT molecular complexity index is 860. The number of nitrogens with one attached hydrogen (secondary N) is 1. The van der Waals surface area contributed by atoms with E-state index in [0.717, 1.165) is 39.6 Å². The standard InChI is InChI=1S/C17H19N3OS2/c1-11(20-7-3-2-4-8-20)15-18-16(21)14-12(10-23-17(14)19-15)13-6-5-9-22-13/h5-6,9-11H,2-4,7-8H2,1H3,(H,18,19,21)/t11-/m0/s1. The fourth-order valence-electron chi connectivity index (χ4n) is 3.26. The molecule has 1 fully saturated rings. The number of hydrogen-bond acceptors (Lipinski definition) is 5. The first-order valence-electron chi connectivity index (χ1n) is 8.03. The minimum Gasteiger partial charge on any atom is -0.309 e. The largest absolute Gasteiger partial charge is 0.309 e. The second-order valence-electron chi connectivity index (χ2n) is 6.03. The van der Waals surface area contributed by atoms with Crippen LogP contribution in [0.4, 0.5) is 0 Å². The van der Waals surface area contributed by atoms with Crippen molar-refractivity contribution in [1.82, 2.24) is 14.9 Å². The van der Waals surface area contributed by atoms with Gasteiger partial charge in [-0.05, 0) is 44.3 Å². The minimum absolute atomic E-state index is 0.0153. The lowest BCUT2D eigenvalue weighted by molar-refractivity contribution is 0.169. The van der Waals surface area contributed by atoms with Gasteiger partial charge in [0.1, 0.15) is 10.7 Å². The number of piperidine rings is 1. The van der Waals surface area contributed by atoms with E-state index in [1.807, 2.05) is 16.8 Å². The maximum atomic E-state index is 12.7. The van der Waals surface area contributed by atoms with Gasteiger partial charge < -0.3 is 4.98 Å². The number of aromatic amines is 1. The number of aromatic nitrogens is 2. The third-order valence-electron chi connectivity index (χ3n) is 4.58. The number of fused-ring (bicyclic) bond motifs is 1. The molecule has 3 aromatic heterocycles. The Morgan fingerprint density at radius 3 is 2.83 bits per heavy atom. The fraction of sp³-hybridized carbons (Fsp3) is 0.412. The van der Waals surface area contributed by atoms with E-state index in [9.17, 15) is 4.79 Å². The van der Waals surface area contributed by atoms with Gasteiger partial charge in [-0.15, -0.1) is 22.7 Å². The van der Waals surface area contributed by atoms with Crippen molar-refractivity contribution >= 4 is 32.9 Å². The van der Waals surface area contributed by atoms with Crippen molar-refractivity contribution < 1.29 is 0 Å². The van der Waals surface area contributed by atoms with E-state index in [0.29, 0.717) is 0 Å². The highest BCUT2D eigenvalue weighted by molar-refractivity contribution is 7.18. The topological polar surface area (TPSA) is 49.0 Å². The summed E-state index contributed by atoms with van der Waals surface area (Å²) in [6.45, 7) is 4.32. The molecule has 0 aromatic carbocycles. The van der Waals surface area contributed by atoms with E-state index >= 15 is 0 Å². The van der Waals surface area contributed by atoms with E-state index in [4.69, 9.17) is 4.98 Å². The van der Waals surface area contributed by atoms with E-state index in [2.05, 4.69) is 22.9 Å². The van der Waals surface area contributed by atoms with Crippen molar-refractivity contribution in [1.29, 1.82) is 0 Å². The average molecular weight is 345 g/mol. The van der Waals surface area contributed by atoms with Crippen LogP contribution in [0, 0.1) is 0 Å². The van der Waals surface area contributed by atoms with Gasteiger partial charge in [-0.3, -0.25) is 9.69 Å². The van der Waals surface area contributed by atoms with Gasteiger partial charge in [0.2, 0.25) is 0 Å². The molecule has 1 aliphatic rings. The lowest BCUT2D eigenvalue weighted by Gasteiger charge is -2.31. The molecule has 0 radical (unpaired) electrons. The Labute approximate surface area is 142 Å². The first-order chi connectivity index (χ1) is 11.2. The van der Waals surface area contributed by atoms with E-state index < -0.39 is 0 Å². The van der Waals surface area contributed by atoms with Gasteiger partial charge in [-0.1, -0.05) is 12.5 Å². The summed E-state index contributed by atoms with van der Waals surface area (Å²) in [5.41, 5.74) is 0.990. The summed E-state index contributed by atoms with van der Waals surface area (Å²) in [7, 11) is 0. The zero-order chi connectivity index (χ0) is 15.8. The van der Waals surface area contributed by atoms with Crippen LogP contribution in [-0.4, -0.2) is 28.0 Å². The molecule has 3 aromatic rings. The van der Waals surface area contributed by atoms with Crippen molar-refractivity contribution in [3.05, 3.63) is 39.1 Å². The van der Waals surface area contributed by atoms with Crippen LogP contribution in [0.25, 0.3) is 20.7 Å². The number of nitrogens with zero attached hydrogens (tertiary/aromatic N) is 2. The van der Waals surface area contributed by atoms with E-state index in [1.165, 1.54) is 19.3 Å². The Morgan fingerprint density at radius 1 is 1.26 bits per heavy atom. The normalized spacial score (nSPS) is 17.6. The number of thiophene rings is 2. The third-order valence-corrected chi connectivity index (χ3v) is 6.36. The zero-order valence-electron chi connectivity index (χ0n) is 13.0. The van der Waals surface area contributed by atoms with Gasteiger partial charge in [0.25, 0.3) is 5.56 Å². The SMILES string of the molecule is C[C@@H](c1nc2scc(-c3cccs3)c2c(=O)[nH]1)N1CCCCC1. The minimum atomic E-state index is -0.0153. The molecule has 6 heteroatoms. The summed E-state index contributed by atoms with van der Waals surface area (Å²) >= 11 is 3.22. The van der Waals surface area contributed by atoms with Crippen molar-refractivity contribution in [3.8, 4) is 10.4 Å². The molecule has 4 heterocycles. The van der Waals surface area contributed by atoms with Crippen LogP contribution < -0.4 is 5.56 Å². The molecule has 1 N–H and O–H groups in total. The summed E-state index contributed by atoms with van der Waals surface area (Å²) in [6, 6.07) is 4.23. The molecule has 0 aliphatic carbocycles. The quantitative estimate of drug-likeness (QED) is 0.771. The molecule has 0 bridgehead atoms. The smallest absolute Gasteiger partial charge is 0.260 e. The van der Waals surface area contributed by atoms with Crippen LogP contribution in [0.5, 0.6) is 0 Å². The van der Waals surface area contributed by atoms with Crippen LogP contribution in [0.1, 0.15) is 38.1 Å². The maximum Gasteiger partial charge on any atom is 0.260 e. The number of H-pyrrole nitrogens is 1. The molecule has 1 saturated heterocycles. The second kappa shape index (κ2) is 6.19. The molecular formula is C17H19N3OS2.